The Balaban J connectivity index is 0.000000980. The van der Waals surface area contributed by atoms with Gasteiger partial charge in [0.25, 0.3) is 0 Å². The molecule has 0 fully saturated rings. The standard InChI is InChI=1S/C12H17N.CH4/c1-10(2)13-9-5-7-11-6-3-4-8-12(11)13;/h3-4,6,8,10H,5,7,9H2,1-2H3;1H4. The highest BCUT2D eigenvalue weighted by Crippen LogP contribution is 2.27. The fraction of sp³-hybridized carbons (Fsp3) is 0.538. The van der Waals surface area contributed by atoms with Crippen molar-refractivity contribution in [3.05, 3.63) is 29.8 Å². The lowest BCUT2D eigenvalue weighted by Gasteiger charge is -2.34. The SMILES string of the molecule is C.CC(C)N1CCCc2ccccc21. The van der Waals surface area contributed by atoms with Crippen molar-refractivity contribution >= 4 is 5.69 Å². The summed E-state index contributed by atoms with van der Waals surface area (Å²) in [5.41, 5.74) is 2.96. The van der Waals surface area contributed by atoms with Gasteiger partial charge in [-0.2, -0.15) is 0 Å². The van der Waals surface area contributed by atoms with Crippen molar-refractivity contribution < 1.29 is 0 Å². The van der Waals surface area contributed by atoms with Crippen LogP contribution in [-0.2, 0) is 6.42 Å². The first-order chi connectivity index (χ1) is 6.29. The minimum absolute atomic E-state index is 0. The summed E-state index contributed by atoms with van der Waals surface area (Å²) in [5, 5.41) is 0. The number of nitrogens with zero attached hydrogens (tertiary/aromatic N) is 1. The average molecular weight is 191 g/mol. The molecule has 1 heteroatoms. The molecule has 0 spiro atoms. The Morgan fingerprint density at radius 3 is 2.64 bits per heavy atom. The van der Waals surface area contributed by atoms with Crippen LogP contribution in [-0.4, -0.2) is 12.6 Å². The van der Waals surface area contributed by atoms with Crippen LogP contribution in [0.15, 0.2) is 24.3 Å². The molecule has 0 amide bonds. The third kappa shape index (κ3) is 1.92. The van der Waals surface area contributed by atoms with Gasteiger partial charge in [0.2, 0.25) is 0 Å². The van der Waals surface area contributed by atoms with E-state index in [0.717, 1.165) is 0 Å². The summed E-state index contributed by atoms with van der Waals surface area (Å²) in [6.45, 7) is 5.75. The fourth-order valence-corrected chi connectivity index (χ4v) is 2.10. The van der Waals surface area contributed by atoms with E-state index in [1.54, 1.807) is 0 Å². The van der Waals surface area contributed by atoms with E-state index in [4.69, 9.17) is 0 Å². The highest BCUT2D eigenvalue weighted by atomic mass is 15.2. The van der Waals surface area contributed by atoms with E-state index >= 15 is 0 Å². The van der Waals surface area contributed by atoms with Crippen LogP contribution in [0.25, 0.3) is 0 Å². The van der Waals surface area contributed by atoms with Crippen LogP contribution in [0.4, 0.5) is 5.69 Å². The minimum Gasteiger partial charge on any atom is -0.369 e. The van der Waals surface area contributed by atoms with Crippen molar-refractivity contribution in [1.82, 2.24) is 0 Å². The molecule has 1 aliphatic rings. The lowest BCUT2D eigenvalue weighted by atomic mass is 10.0. The Kier molecular flexibility index (Phi) is 3.56. The van der Waals surface area contributed by atoms with Gasteiger partial charge in [-0.1, -0.05) is 25.6 Å². The first-order valence-electron chi connectivity index (χ1n) is 5.13. The van der Waals surface area contributed by atoms with E-state index in [1.807, 2.05) is 0 Å². The van der Waals surface area contributed by atoms with Crippen molar-refractivity contribution in [2.45, 2.75) is 40.2 Å². The molecule has 1 heterocycles. The van der Waals surface area contributed by atoms with E-state index in [9.17, 15) is 0 Å². The van der Waals surface area contributed by atoms with Crippen molar-refractivity contribution in [3.8, 4) is 0 Å². The van der Waals surface area contributed by atoms with Gasteiger partial charge in [-0.05, 0) is 38.3 Å². The molecular weight excluding hydrogens is 170 g/mol. The second kappa shape index (κ2) is 4.50. The zero-order valence-electron chi connectivity index (χ0n) is 8.46. The summed E-state index contributed by atoms with van der Waals surface area (Å²) in [6, 6.07) is 9.40. The molecule has 0 saturated heterocycles. The number of rotatable bonds is 1. The summed E-state index contributed by atoms with van der Waals surface area (Å²) in [4.78, 5) is 2.50. The van der Waals surface area contributed by atoms with Gasteiger partial charge < -0.3 is 4.90 Å². The number of hydrogen-bond donors (Lipinski definition) is 0. The quantitative estimate of drug-likeness (QED) is 0.657. The normalized spacial score (nSPS) is 14.9. The van der Waals surface area contributed by atoms with Gasteiger partial charge in [0.05, 0.1) is 0 Å². The molecule has 0 atom stereocenters. The smallest absolute Gasteiger partial charge is 0.0401 e. The van der Waals surface area contributed by atoms with Gasteiger partial charge >= 0.3 is 0 Å². The van der Waals surface area contributed by atoms with Crippen LogP contribution >= 0.6 is 0 Å². The van der Waals surface area contributed by atoms with Crippen LogP contribution in [0.5, 0.6) is 0 Å². The minimum atomic E-state index is 0. The largest absolute Gasteiger partial charge is 0.369 e. The molecule has 14 heavy (non-hydrogen) atoms. The summed E-state index contributed by atoms with van der Waals surface area (Å²) >= 11 is 0. The summed E-state index contributed by atoms with van der Waals surface area (Å²) in [5.74, 6) is 0. The third-order valence-corrected chi connectivity index (χ3v) is 2.77. The molecule has 0 radical (unpaired) electrons. The Bertz CT molecular complexity index is 291. The van der Waals surface area contributed by atoms with Gasteiger partial charge in [0.1, 0.15) is 0 Å². The van der Waals surface area contributed by atoms with Crippen LogP contribution < -0.4 is 4.90 Å². The zero-order valence-corrected chi connectivity index (χ0v) is 8.46. The lowest BCUT2D eigenvalue weighted by Crippen LogP contribution is -2.35. The Morgan fingerprint density at radius 2 is 1.93 bits per heavy atom. The number of aryl methyl sites for hydroxylation is 1. The zero-order chi connectivity index (χ0) is 9.26. The molecule has 0 saturated carbocycles. The Morgan fingerprint density at radius 1 is 1.21 bits per heavy atom. The lowest BCUT2D eigenvalue weighted by molar-refractivity contribution is 0.626. The second-order valence-corrected chi connectivity index (χ2v) is 4.02. The second-order valence-electron chi connectivity index (χ2n) is 4.02. The van der Waals surface area contributed by atoms with Crippen LogP contribution in [0, 0.1) is 0 Å². The number of para-hydroxylation sites is 1. The summed E-state index contributed by atoms with van der Waals surface area (Å²) in [7, 11) is 0. The van der Waals surface area contributed by atoms with Crippen LogP contribution in [0.1, 0.15) is 33.3 Å². The number of fused-ring (bicyclic) bond motifs is 1. The van der Waals surface area contributed by atoms with Gasteiger partial charge in [-0.3, -0.25) is 0 Å². The number of anilines is 1. The monoisotopic (exact) mass is 191 g/mol. The molecule has 0 N–H and O–H groups in total. The Hall–Kier alpha value is -0.980. The Labute approximate surface area is 87.7 Å². The van der Waals surface area contributed by atoms with Crippen molar-refractivity contribution in [1.29, 1.82) is 0 Å². The average Bonchev–Trinajstić information content (AvgIpc) is 2.17. The van der Waals surface area contributed by atoms with E-state index in [1.165, 1.54) is 30.6 Å². The van der Waals surface area contributed by atoms with Gasteiger partial charge in [-0.15, -0.1) is 0 Å². The van der Waals surface area contributed by atoms with E-state index in [0.29, 0.717) is 6.04 Å². The van der Waals surface area contributed by atoms with E-state index in [2.05, 4.69) is 43.0 Å². The topological polar surface area (TPSA) is 3.24 Å². The first kappa shape index (κ1) is 11.1. The molecule has 1 aliphatic heterocycles. The third-order valence-electron chi connectivity index (χ3n) is 2.77. The molecule has 1 nitrogen and oxygen atoms in total. The molecular formula is C13H21N. The van der Waals surface area contributed by atoms with Gasteiger partial charge in [-0.25, -0.2) is 0 Å². The van der Waals surface area contributed by atoms with Gasteiger partial charge in [0.15, 0.2) is 0 Å². The maximum Gasteiger partial charge on any atom is 0.0401 e. The summed E-state index contributed by atoms with van der Waals surface area (Å²) in [6.07, 6.45) is 2.55. The predicted molar refractivity (Wildman–Crippen MR) is 64.0 cm³/mol. The molecule has 1 aromatic rings. The maximum absolute atomic E-state index is 2.50. The highest BCUT2D eigenvalue weighted by Gasteiger charge is 2.17. The molecule has 0 bridgehead atoms. The predicted octanol–water partition coefficient (Wildman–Crippen LogP) is 3.48. The first-order valence-corrected chi connectivity index (χ1v) is 5.13. The van der Waals surface area contributed by atoms with Crippen molar-refractivity contribution in [2.75, 3.05) is 11.4 Å². The molecule has 0 aromatic heterocycles. The van der Waals surface area contributed by atoms with Crippen molar-refractivity contribution in [2.24, 2.45) is 0 Å². The fourth-order valence-electron chi connectivity index (χ4n) is 2.10. The summed E-state index contributed by atoms with van der Waals surface area (Å²) < 4.78 is 0. The van der Waals surface area contributed by atoms with E-state index < -0.39 is 0 Å². The molecule has 0 aliphatic carbocycles. The van der Waals surface area contributed by atoms with Crippen molar-refractivity contribution in [3.63, 3.8) is 0 Å². The molecule has 78 valence electrons. The number of benzene rings is 1. The maximum atomic E-state index is 2.50. The van der Waals surface area contributed by atoms with Crippen LogP contribution in [0.2, 0.25) is 0 Å². The molecule has 2 rings (SSSR count). The molecule has 0 unspecified atom stereocenters. The molecule has 1 aromatic carbocycles. The van der Waals surface area contributed by atoms with E-state index in [-0.39, 0.29) is 7.43 Å². The highest BCUT2D eigenvalue weighted by molar-refractivity contribution is 5.55. The van der Waals surface area contributed by atoms with Gasteiger partial charge in [0, 0.05) is 18.3 Å². The number of hydrogen-bond acceptors (Lipinski definition) is 1. The van der Waals surface area contributed by atoms with Crippen LogP contribution in [0.3, 0.4) is 0 Å².